The quantitative estimate of drug-likeness (QED) is 0.457. The van der Waals surface area contributed by atoms with E-state index in [-0.39, 0.29) is 0 Å². The van der Waals surface area contributed by atoms with E-state index in [0.717, 1.165) is 25.7 Å². The number of hydrogen-bond donors (Lipinski definition) is 1. The van der Waals surface area contributed by atoms with Crippen LogP contribution in [0.5, 0.6) is 0 Å². The Morgan fingerprint density at radius 3 is 2.60 bits per heavy atom. The Morgan fingerprint density at radius 1 is 1.50 bits per heavy atom. The van der Waals surface area contributed by atoms with Crippen LogP contribution in [0.4, 0.5) is 0 Å². The van der Waals surface area contributed by atoms with E-state index in [2.05, 4.69) is 22.6 Å². The Hall–Kier alpha value is -0.180. The summed E-state index contributed by atoms with van der Waals surface area (Å²) in [6.45, 7) is 0. The number of nitrogens with zero attached hydrogens (tertiary/aromatic N) is 1. The maximum absolute atomic E-state index is 4.68. The first-order chi connectivity index (χ1) is 4.83. The standard InChI is InChI=1S/C7H13NOS/c1-9-8-6-2-4-7(10)5-3-6/h7,10H,2-5H2,1H3. The summed E-state index contributed by atoms with van der Waals surface area (Å²) in [4.78, 5) is 4.68. The first-order valence-corrected chi connectivity index (χ1v) is 4.11. The largest absolute Gasteiger partial charge is 0.399 e. The second-order valence-corrected chi connectivity index (χ2v) is 3.30. The summed E-state index contributed by atoms with van der Waals surface area (Å²) in [5, 5.41) is 4.48. The van der Waals surface area contributed by atoms with Crippen LogP contribution in [0, 0.1) is 0 Å². The molecular formula is C7H13NOS. The summed E-state index contributed by atoms with van der Waals surface area (Å²) < 4.78 is 0. The van der Waals surface area contributed by atoms with Gasteiger partial charge in [0.15, 0.2) is 0 Å². The molecule has 58 valence electrons. The molecule has 0 saturated heterocycles. The molecule has 0 aromatic rings. The average Bonchev–Trinajstić information content (AvgIpc) is 1.95. The van der Waals surface area contributed by atoms with Crippen LogP contribution in [0.3, 0.4) is 0 Å². The molecule has 1 aliphatic rings. The normalized spacial score (nSPS) is 26.2. The topological polar surface area (TPSA) is 21.6 Å². The van der Waals surface area contributed by atoms with Gasteiger partial charge < -0.3 is 4.84 Å². The summed E-state index contributed by atoms with van der Waals surface area (Å²) >= 11 is 4.37. The van der Waals surface area contributed by atoms with Gasteiger partial charge in [-0.05, 0) is 25.7 Å². The van der Waals surface area contributed by atoms with Gasteiger partial charge in [0.2, 0.25) is 0 Å². The highest BCUT2D eigenvalue weighted by Crippen LogP contribution is 2.20. The zero-order valence-electron chi connectivity index (χ0n) is 6.21. The van der Waals surface area contributed by atoms with Gasteiger partial charge >= 0.3 is 0 Å². The average molecular weight is 159 g/mol. The summed E-state index contributed by atoms with van der Waals surface area (Å²) in [6, 6.07) is 0. The van der Waals surface area contributed by atoms with Crippen LogP contribution in [-0.4, -0.2) is 18.1 Å². The lowest BCUT2D eigenvalue weighted by Gasteiger charge is -2.17. The van der Waals surface area contributed by atoms with E-state index in [1.54, 1.807) is 7.11 Å². The fraction of sp³-hybridized carbons (Fsp3) is 0.857. The van der Waals surface area contributed by atoms with Crippen molar-refractivity contribution in [3.8, 4) is 0 Å². The fourth-order valence-electron chi connectivity index (χ4n) is 1.16. The van der Waals surface area contributed by atoms with Gasteiger partial charge in [-0.1, -0.05) is 5.16 Å². The van der Waals surface area contributed by atoms with E-state index in [0.29, 0.717) is 5.25 Å². The highest BCUT2D eigenvalue weighted by molar-refractivity contribution is 7.80. The first-order valence-electron chi connectivity index (χ1n) is 3.60. The van der Waals surface area contributed by atoms with E-state index in [9.17, 15) is 0 Å². The van der Waals surface area contributed by atoms with Crippen molar-refractivity contribution < 1.29 is 4.84 Å². The third-order valence-electron chi connectivity index (χ3n) is 1.75. The van der Waals surface area contributed by atoms with E-state index in [1.807, 2.05) is 0 Å². The van der Waals surface area contributed by atoms with E-state index in [1.165, 1.54) is 5.71 Å². The van der Waals surface area contributed by atoms with Crippen LogP contribution in [-0.2, 0) is 4.84 Å². The van der Waals surface area contributed by atoms with Crippen LogP contribution < -0.4 is 0 Å². The first kappa shape index (κ1) is 7.92. The second-order valence-electron chi connectivity index (χ2n) is 2.57. The Balaban J connectivity index is 2.32. The molecule has 0 heterocycles. The molecule has 0 aliphatic heterocycles. The molecule has 0 bridgehead atoms. The monoisotopic (exact) mass is 159 g/mol. The van der Waals surface area contributed by atoms with Crippen molar-refractivity contribution in [1.29, 1.82) is 0 Å². The lowest BCUT2D eigenvalue weighted by atomic mass is 9.98. The maximum atomic E-state index is 4.68. The van der Waals surface area contributed by atoms with Crippen LogP contribution >= 0.6 is 12.6 Å². The number of rotatable bonds is 1. The third kappa shape index (κ3) is 2.21. The molecule has 0 amide bonds. The molecule has 1 rings (SSSR count). The summed E-state index contributed by atoms with van der Waals surface area (Å²) in [7, 11) is 1.60. The minimum Gasteiger partial charge on any atom is -0.399 e. The molecule has 2 nitrogen and oxygen atoms in total. The Kier molecular flexibility index (Phi) is 3.06. The minimum absolute atomic E-state index is 0.579. The van der Waals surface area contributed by atoms with Crippen molar-refractivity contribution in [2.75, 3.05) is 7.11 Å². The minimum atomic E-state index is 0.579. The van der Waals surface area contributed by atoms with Crippen molar-refractivity contribution in [1.82, 2.24) is 0 Å². The summed E-state index contributed by atoms with van der Waals surface area (Å²) in [5.41, 5.74) is 1.19. The van der Waals surface area contributed by atoms with Crippen molar-refractivity contribution in [2.45, 2.75) is 30.9 Å². The number of oxime groups is 1. The van der Waals surface area contributed by atoms with Gasteiger partial charge in [-0.2, -0.15) is 12.6 Å². The molecule has 0 N–H and O–H groups in total. The van der Waals surface area contributed by atoms with Gasteiger partial charge in [-0.25, -0.2) is 0 Å². The van der Waals surface area contributed by atoms with Gasteiger partial charge in [0, 0.05) is 5.25 Å². The van der Waals surface area contributed by atoms with E-state index < -0.39 is 0 Å². The lowest BCUT2D eigenvalue weighted by Crippen LogP contribution is -2.13. The molecule has 10 heavy (non-hydrogen) atoms. The Labute approximate surface area is 67.0 Å². The predicted molar refractivity (Wildman–Crippen MR) is 45.7 cm³/mol. The Bertz CT molecular complexity index is 126. The van der Waals surface area contributed by atoms with Crippen molar-refractivity contribution >= 4 is 18.3 Å². The highest BCUT2D eigenvalue weighted by Gasteiger charge is 2.13. The van der Waals surface area contributed by atoms with Gasteiger partial charge in [-0.3, -0.25) is 0 Å². The van der Waals surface area contributed by atoms with Gasteiger partial charge in [0.25, 0.3) is 0 Å². The van der Waals surface area contributed by atoms with Crippen molar-refractivity contribution in [3.63, 3.8) is 0 Å². The maximum Gasteiger partial charge on any atom is 0.106 e. The smallest absolute Gasteiger partial charge is 0.106 e. The van der Waals surface area contributed by atoms with Crippen LogP contribution in [0.25, 0.3) is 0 Å². The molecular weight excluding hydrogens is 146 g/mol. The van der Waals surface area contributed by atoms with Gasteiger partial charge in [0.05, 0.1) is 5.71 Å². The molecule has 3 heteroatoms. The van der Waals surface area contributed by atoms with Crippen molar-refractivity contribution in [2.24, 2.45) is 5.16 Å². The Morgan fingerprint density at radius 2 is 2.10 bits per heavy atom. The van der Waals surface area contributed by atoms with Crippen LogP contribution in [0.15, 0.2) is 5.16 Å². The molecule has 1 aliphatic carbocycles. The zero-order valence-corrected chi connectivity index (χ0v) is 7.10. The molecule has 0 radical (unpaired) electrons. The van der Waals surface area contributed by atoms with Crippen LogP contribution in [0.1, 0.15) is 25.7 Å². The van der Waals surface area contributed by atoms with E-state index >= 15 is 0 Å². The van der Waals surface area contributed by atoms with E-state index in [4.69, 9.17) is 0 Å². The molecule has 1 fully saturated rings. The molecule has 0 aromatic heterocycles. The van der Waals surface area contributed by atoms with Gasteiger partial charge in [0.1, 0.15) is 7.11 Å². The van der Waals surface area contributed by atoms with Gasteiger partial charge in [-0.15, -0.1) is 0 Å². The van der Waals surface area contributed by atoms with Crippen LogP contribution in [0.2, 0.25) is 0 Å². The molecule has 0 aromatic carbocycles. The fourth-order valence-corrected chi connectivity index (χ4v) is 1.41. The number of hydrogen-bond acceptors (Lipinski definition) is 3. The summed E-state index contributed by atoms with van der Waals surface area (Å²) in [6.07, 6.45) is 4.40. The molecule has 0 atom stereocenters. The highest BCUT2D eigenvalue weighted by atomic mass is 32.1. The SMILES string of the molecule is CON=C1CCC(S)CC1. The second kappa shape index (κ2) is 3.86. The lowest BCUT2D eigenvalue weighted by molar-refractivity contribution is 0.211. The molecule has 0 unspecified atom stereocenters. The predicted octanol–water partition coefficient (Wildman–Crippen LogP) is 1.86. The summed E-state index contributed by atoms with van der Waals surface area (Å²) in [5.74, 6) is 0. The molecule has 1 saturated carbocycles. The number of thiol groups is 1. The zero-order chi connectivity index (χ0) is 7.40. The van der Waals surface area contributed by atoms with Crippen molar-refractivity contribution in [3.05, 3.63) is 0 Å². The third-order valence-corrected chi connectivity index (χ3v) is 2.27. The molecule has 0 spiro atoms.